The van der Waals surface area contributed by atoms with Gasteiger partial charge in [-0.25, -0.2) is 9.79 Å². The van der Waals surface area contributed by atoms with Crippen molar-refractivity contribution in [2.24, 2.45) is 10.7 Å². The molecule has 0 fully saturated rings. The van der Waals surface area contributed by atoms with Crippen molar-refractivity contribution in [1.82, 2.24) is 4.98 Å². The highest BCUT2D eigenvalue weighted by Gasteiger charge is 2.08. The summed E-state index contributed by atoms with van der Waals surface area (Å²) in [5.74, 6) is -0.907. The molecule has 0 saturated carbocycles. The second-order valence-corrected chi connectivity index (χ2v) is 6.02. The first kappa shape index (κ1) is 17.7. The predicted molar refractivity (Wildman–Crippen MR) is 106 cm³/mol. The van der Waals surface area contributed by atoms with E-state index in [1.54, 1.807) is 18.5 Å². The van der Waals surface area contributed by atoms with E-state index in [9.17, 15) is 9.90 Å². The van der Waals surface area contributed by atoms with Crippen LogP contribution >= 0.6 is 0 Å². The molecule has 0 spiro atoms. The molecule has 5 N–H and O–H groups in total. The molecular weight excluding hydrogens is 328 g/mol. The Labute approximate surface area is 151 Å². The van der Waals surface area contributed by atoms with E-state index in [0.717, 1.165) is 34.3 Å². The van der Waals surface area contributed by atoms with Crippen molar-refractivity contribution >= 4 is 34.6 Å². The van der Waals surface area contributed by atoms with Crippen molar-refractivity contribution < 1.29 is 9.90 Å². The van der Waals surface area contributed by atoms with Gasteiger partial charge in [-0.05, 0) is 66.9 Å². The Balaban J connectivity index is 1.77. The van der Waals surface area contributed by atoms with Crippen molar-refractivity contribution in [3.8, 4) is 0 Å². The number of hydrogen-bond donors (Lipinski definition) is 4. The van der Waals surface area contributed by atoms with Gasteiger partial charge in [0.25, 0.3) is 0 Å². The molecular formula is C20H22N4O2. The second-order valence-electron chi connectivity index (χ2n) is 6.02. The van der Waals surface area contributed by atoms with Crippen LogP contribution in [0.25, 0.3) is 10.9 Å². The number of aromatic amines is 1. The van der Waals surface area contributed by atoms with Crippen LogP contribution in [0.2, 0.25) is 0 Å². The van der Waals surface area contributed by atoms with Crippen molar-refractivity contribution in [1.29, 1.82) is 0 Å². The molecule has 0 radical (unpaired) electrons. The molecule has 2 aromatic carbocycles. The van der Waals surface area contributed by atoms with Gasteiger partial charge in [0.15, 0.2) is 0 Å². The Morgan fingerprint density at radius 2 is 2.12 bits per heavy atom. The van der Waals surface area contributed by atoms with Crippen LogP contribution in [0, 0.1) is 0 Å². The molecule has 0 amide bonds. The van der Waals surface area contributed by atoms with Gasteiger partial charge < -0.3 is 21.1 Å². The molecule has 0 saturated heterocycles. The number of rotatable bonds is 7. The van der Waals surface area contributed by atoms with E-state index in [4.69, 9.17) is 5.73 Å². The van der Waals surface area contributed by atoms with E-state index in [1.807, 2.05) is 37.4 Å². The lowest BCUT2D eigenvalue weighted by atomic mass is 10.0. The van der Waals surface area contributed by atoms with Gasteiger partial charge in [-0.15, -0.1) is 0 Å². The molecule has 3 rings (SSSR count). The van der Waals surface area contributed by atoms with Gasteiger partial charge in [-0.2, -0.15) is 0 Å². The molecule has 6 heteroatoms. The summed E-state index contributed by atoms with van der Waals surface area (Å²) < 4.78 is 0. The Hall–Kier alpha value is -3.12. The van der Waals surface area contributed by atoms with Crippen LogP contribution in [0.3, 0.4) is 0 Å². The smallest absolute Gasteiger partial charge is 0.335 e. The number of nitrogens with two attached hydrogens (primary N) is 1. The maximum Gasteiger partial charge on any atom is 0.335 e. The predicted octanol–water partition coefficient (Wildman–Crippen LogP) is 3.70. The lowest BCUT2D eigenvalue weighted by Crippen LogP contribution is -2.03. The molecule has 1 aromatic heterocycles. The van der Waals surface area contributed by atoms with Gasteiger partial charge in [0.05, 0.1) is 17.6 Å². The van der Waals surface area contributed by atoms with Crippen LogP contribution in [-0.4, -0.2) is 28.9 Å². The van der Waals surface area contributed by atoms with E-state index < -0.39 is 5.97 Å². The minimum Gasteiger partial charge on any atom is -0.478 e. The van der Waals surface area contributed by atoms with Crippen molar-refractivity contribution in [3.05, 3.63) is 59.3 Å². The summed E-state index contributed by atoms with van der Waals surface area (Å²) in [5.41, 5.74) is 10.7. The van der Waals surface area contributed by atoms with Gasteiger partial charge in [0.1, 0.15) is 0 Å². The van der Waals surface area contributed by atoms with Crippen LogP contribution in [0.4, 0.5) is 11.4 Å². The summed E-state index contributed by atoms with van der Waals surface area (Å²) in [6, 6.07) is 11.2. The summed E-state index contributed by atoms with van der Waals surface area (Å²) in [4.78, 5) is 18.9. The summed E-state index contributed by atoms with van der Waals surface area (Å²) in [5, 5.41) is 13.4. The van der Waals surface area contributed by atoms with Gasteiger partial charge >= 0.3 is 5.97 Å². The normalized spacial score (nSPS) is 11.3. The largest absolute Gasteiger partial charge is 0.478 e. The number of aliphatic imine (C=N–C) groups is 1. The topological polar surface area (TPSA) is 104 Å². The number of aromatic carboxylic acids is 1. The zero-order valence-electron chi connectivity index (χ0n) is 14.6. The Morgan fingerprint density at radius 3 is 2.85 bits per heavy atom. The van der Waals surface area contributed by atoms with E-state index in [2.05, 4.69) is 15.3 Å². The van der Waals surface area contributed by atoms with Crippen LogP contribution in [0.5, 0.6) is 0 Å². The third-order valence-corrected chi connectivity index (χ3v) is 4.33. The molecule has 3 aromatic rings. The number of fused-ring (bicyclic) bond motifs is 1. The van der Waals surface area contributed by atoms with Crippen molar-refractivity contribution in [2.45, 2.75) is 19.8 Å². The summed E-state index contributed by atoms with van der Waals surface area (Å²) in [6.07, 6.45) is 5.08. The first-order valence-corrected chi connectivity index (χ1v) is 8.57. The molecule has 0 bridgehead atoms. The van der Waals surface area contributed by atoms with Crippen LogP contribution in [0.1, 0.15) is 28.4 Å². The van der Waals surface area contributed by atoms with Crippen LogP contribution in [0.15, 0.2) is 47.6 Å². The average Bonchev–Trinajstić information content (AvgIpc) is 3.04. The van der Waals surface area contributed by atoms with Crippen LogP contribution in [-0.2, 0) is 12.8 Å². The Kier molecular flexibility index (Phi) is 5.34. The monoisotopic (exact) mass is 350 g/mol. The van der Waals surface area contributed by atoms with Gasteiger partial charge in [-0.3, -0.25) is 0 Å². The first-order valence-electron chi connectivity index (χ1n) is 8.57. The number of aryl methyl sites for hydroxylation is 1. The molecule has 0 aliphatic heterocycles. The standard InChI is InChI=1S/C20H22N4O2/c1-2-13-9-15(3-5-17(13)20(25)26)23-12-24-16-4-6-19-18(10-16)14(7-8-21)11-22-19/h3-6,9-12,22H,2,7-8,21H2,1H3,(H,23,24)(H,25,26). The lowest BCUT2D eigenvalue weighted by Gasteiger charge is -2.07. The third kappa shape index (κ3) is 3.75. The fourth-order valence-corrected chi connectivity index (χ4v) is 2.98. The number of nitrogens with one attached hydrogen (secondary N) is 2. The zero-order valence-corrected chi connectivity index (χ0v) is 14.6. The molecule has 1 heterocycles. The average molecular weight is 350 g/mol. The highest BCUT2D eigenvalue weighted by Crippen LogP contribution is 2.24. The minimum absolute atomic E-state index is 0.334. The van der Waals surface area contributed by atoms with E-state index >= 15 is 0 Å². The molecule has 134 valence electrons. The lowest BCUT2D eigenvalue weighted by molar-refractivity contribution is 0.0696. The molecule has 0 aliphatic carbocycles. The van der Waals surface area contributed by atoms with E-state index in [-0.39, 0.29) is 0 Å². The van der Waals surface area contributed by atoms with Crippen molar-refractivity contribution in [2.75, 3.05) is 11.9 Å². The number of hydrogen-bond acceptors (Lipinski definition) is 3. The van der Waals surface area contributed by atoms with Crippen LogP contribution < -0.4 is 11.1 Å². The maximum absolute atomic E-state index is 11.2. The highest BCUT2D eigenvalue weighted by molar-refractivity contribution is 5.91. The number of nitrogens with zero attached hydrogens (tertiary/aromatic N) is 1. The maximum atomic E-state index is 11.2. The van der Waals surface area contributed by atoms with E-state index in [1.165, 1.54) is 5.56 Å². The number of carboxylic acid groups (broad SMARTS) is 1. The summed E-state index contributed by atoms with van der Waals surface area (Å²) in [6.45, 7) is 2.54. The fourth-order valence-electron chi connectivity index (χ4n) is 2.98. The summed E-state index contributed by atoms with van der Waals surface area (Å²) >= 11 is 0. The first-order chi connectivity index (χ1) is 12.6. The number of benzene rings is 2. The molecule has 26 heavy (non-hydrogen) atoms. The molecule has 0 atom stereocenters. The van der Waals surface area contributed by atoms with Gasteiger partial charge in [0.2, 0.25) is 0 Å². The number of aromatic nitrogens is 1. The van der Waals surface area contributed by atoms with Crippen molar-refractivity contribution in [3.63, 3.8) is 0 Å². The summed E-state index contributed by atoms with van der Waals surface area (Å²) in [7, 11) is 0. The Bertz CT molecular complexity index is 960. The minimum atomic E-state index is -0.907. The Morgan fingerprint density at radius 1 is 1.27 bits per heavy atom. The zero-order chi connectivity index (χ0) is 18.5. The second kappa shape index (κ2) is 7.84. The number of carboxylic acids is 1. The third-order valence-electron chi connectivity index (χ3n) is 4.33. The quantitative estimate of drug-likeness (QED) is 0.385. The SMILES string of the molecule is CCc1cc(NC=Nc2ccc3[nH]cc(CCN)c3c2)ccc1C(=O)O. The van der Waals surface area contributed by atoms with E-state index in [0.29, 0.717) is 18.5 Å². The molecule has 0 unspecified atom stereocenters. The number of anilines is 1. The highest BCUT2D eigenvalue weighted by atomic mass is 16.4. The van der Waals surface area contributed by atoms with Gasteiger partial charge in [-0.1, -0.05) is 6.92 Å². The number of H-pyrrole nitrogens is 1. The fraction of sp³-hybridized carbons (Fsp3) is 0.200. The molecule has 0 aliphatic rings. The number of carbonyl (C=O) groups is 1. The van der Waals surface area contributed by atoms with Gasteiger partial charge in [0, 0.05) is 22.8 Å². The molecule has 6 nitrogen and oxygen atoms in total.